The van der Waals surface area contributed by atoms with Crippen LogP contribution in [0.5, 0.6) is 23.0 Å². The molecule has 0 bridgehead atoms. The van der Waals surface area contributed by atoms with Crippen LogP contribution < -0.4 is 30.1 Å². The molecule has 3 aliphatic heterocycles. The third-order valence-electron chi connectivity index (χ3n) is 7.25. The van der Waals surface area contributed by atoms with E-state index in [0.717, 1.165) is 53.1 Å². The van der Waals surface area contributed by atoms with Crippen molar-refractivity contribution in [1.29, 1.82) is 0 Å². The maximum absolute atomic E-state index is 13.4. The molecule has 1 atom stereocenters. The minimum Gasteiger partial charge on any atom is -0.493 e. The third kappa shape index (κ3) is 4.61. The predicted molar refractivity (Wildman–Crippen MR) is 144 cm³/mol. The number of fused-ring (bicyclic) bond motifs is 5. The lowest BCUT2D eigenvalue weighted by Gasteiger charge is -2.42. The number of hydrogen-bond donors (Lipinski definition) is 2. The maximum atomic E-state index is 13.4. The zero-order chi connectivity index (χ0) is 26.2. The molecule has 196 valence electrons. The molecule has 10 heteroatoms. The van der Waals surface area contributed by atoms with Crippen molar-refractivity contribution in [2.75, 3.05) is 20.4 Å². The van der Waals surface area contributed by atoms with Crippen molar-refractivity contribution in [1.82, 2.24) is 10.3 Å². The largest absolute Gasteiger partial charge is 0.493 e. The van der Waals surface area contributed by atoms with E-state index >= 15 is 0 Å². The monoisotopic (exact) mass is 534 g/mol. The molecular weight excluding hydrogens is 507 g/mol. The summed E-state index contributed by atoms with van der Waals surface area (Å²) >= 11 is 4.91. The minimum atomic E-state index is -0.281. The fourth-order valence-corrected chi connectivity index (χ4v) is 5.51. The highest BCUT2D eigenvalue weighted by Gasteiger charge is 2.37. The van der Waals surface area contributed by atoms with E-state index in [1.165, 1.54) is 23.3 Å². The molecule has 8 nitrogen and oxygen atoms in total. The smallest absolute Gasteiger partial charge is 0.231 e. The van der Waals surface area contributed by atoms with Gasteiger partial charge in [-0.25, -0.2) is 4.39 Å². The Bertz CT molecular complexity index is 1430. The number of benzene rings is 3. The molecule has 0 spiro atoms. The Labute approximate surface area is 225 Å². The Balaban J connectivity index is 1.40. The van der Waals surface area contributed by atoms with Gasteiger partial charge in [0, 0.05) is 30.3 Å². The Morgan fingerprint density at radius 2 is 2.00 bits per heavy atom. The van der Waals surface area contributed by atoms with Gasteiger partial charge in [-0.05, 0) is 77.6 Å². The molecule has 6 rings (SSSR count). The molecule has 0 radical (unpaired) electrons. The second kappa shape index (κ2) is 10.1. The highest BCUT2D eigenvalue weighted by atomic mass is 32.1. The molecule has 3 aromatic carbocycles. The van der Waals surface area contributed by atoms with Crippen molar-refractivity contribution in [2.45, 2.75) is 32.0 Å². The fraction of sp³-hybridized carbons (Fsp3) is 0.286. The average Bonchev–Trinajstić information content (AvgIpc) is 3.38. The second-order valence-corrected chi connectivity index (χ2v) is 9.89. The highest BCUT2D eigenvalue weighted by molar-refractivity contribution is 7.80. The molecule has 0 amide bonds. The maximum Gasteiger partial charge on any atom is 0.231 e. The molecule has 0 saturated heterocycles. The predicted octanol–water partition coefficient (Wildman–Crippen LogP) is 3.96. The zero-order valence-corrected chi connectivity index (χ0v) is 21.6. The first-order valence-corrected chi connectivity index (χ1v) is 12.8. The number of hydrazone groups is 1. The lowest BCUT2D eigenvalue weighted by Crippen LogP contribution is -2.40. The lowest BCUT2D eigenvalue weighted by molar-refractivity contribution is 0.155. The van der Waals surface area contributed by atoms with E-state index in [4.69, 9.17) is 36.9 Å². The van der Waals surface area contributed by atoms with Gasteiger partial charge < -0.3 is 24.7 Å². The van der Waals surface area contributed by atoms with E-state index in [2.05, 4.69) is 27.6 Å². The lowest BCUT2D eigenvalue weighted by atomic mass is 9.82. The van der Waals surface area contributed by atoms with Crippen LogP contribution in [0.2, 0.25) is 0 Å². The van der Waals surface area contributed by atoms with Crippen molar-refractivity contribution in [3.63, 3.8) is 0 Å². The van der Waals surface area contributed by atoms with Crippen LogP contribution in [0.3, 0.4) is 0 Å². The Morgan fingerprint density at radius 1 is 1.21 bits per heavy atom. The van der Waals surface area contributed by atoms with Gasteiger partial charge in [-0.3, -0.25) is 10.3 Å². The number of ether oxygens (including phenoxy) is 4. The molecule has 3 N–H and O–H groups in total. The number of halogens is 1. The van der Waals surface area contributed by atoms with Crippen LogP contribution in [-0.2, 0) is 26.0 Å². The van der Waals surface area contributed by atoms with Gasteiger partial charge in [0.2, 0.25) is 6.79 Å². The summed E-state index contributed by atoms with van der Waals surface area (Å²) in [5.74, 6) is 2.60. The summed E-state index contributed by atoms with van der Waals surface area (Å²) in [6.45, 7) is 2.11. The van der Waals surface area contributed by atoms with E-state index in [-0.39, 0.29) is 30.4 Å². The molecule has 0 aliphatic carbocycles. The first-order chi connectivity index (χ1) is 18.5. The minimum absolute atomic E-state index is 0.0878. The van der Waals surface area contributed by atoms with Crippen LogP contribution in [0.25, 0.3) is 0 Å². The Hall–Kier alpha value is -3.89. The normalized spacial score (nSPS) is 17.5. The Morgan fingerprint density at radius 3 is 2.76 bits per heavy atom. The number of nitrogens with two attached hydrogens (primary N) is 1. The summed E-state index contributed by atoms with van der Waals surface area (Å²) in [6.07, 6.45) is 3.37. The molecule has 38 heavy (non-hydrogen) atoms. The number of thiocarbonyl (C=S) groups is 1. The number of nitrogens with zero attached hydrogens (tertiary/aromatic N) is 2. The second-order valence-electron chi connectivity index (χ2n) is 9.45. The van der Waals surface area contributed by atoms with Crippen LogP contribution >= 0.6 is 12.2 Å². The first-order valence-electron chi connectivity index (χ1n) is 12.3. The van der Waals surface area contributed by atoms with Gasteiger partial charge in [-0.1, -0.05) is 12.1 Å². The summed E-state index contributed by atoms with van der Waals surface area (Å²) in [6, 6.07) is 12.6. The van der Waals surface area contributed by atoms with Crippen molar-refractivity contribution >= 4 is 23.5 Å². The SMILES string of the molecule is COc1cc(/C=N/NC(N)=S)c2c(c1OCc1ccc(F)cc1)CN1CCc3cc4c(cc3C1C2)OCO4. The van der Waals surface area contributed by atoms with Crippen LogP contribution in [0.1, 0.15) is 39.4 Å². The first kappa shape index (κ1) is 24.4. The topological polar surface area (TPSA) is 90.6 Å². The molecule has 3 aromatic rings. The van der Waals surface area contributed by atoms with Crippen LogP contribution in [-0.4, -0.2) is 36.7 Å². The van der Waals surface area contributed by atoms with E-state index < -0.39 is 0 Å². The fourth-order valence-electron chi connectivity index (χ4n) is 5.46. The molecule has 0 saturated carbocycles. The summed E-state index contributed by atoms with van der Waals surface area (Å²) < 4.78 is 36.8. The number of nitrogens with one attached hydrogen (secondary N) is 1. The summed E-state index contributed by atoms with van der Waals surface area (Å²) in [5.41, 5.74) is 14.7. The van der Waals surface area contributed by atoms with Crippen LogP contribution in [0.4, 0.5) is 4.39 Å². The number of rotatable bonds is 6. The zero-order valence-electron chi connectivity index (χ0n) is 20.8. The summed E-state index contributed by atoms with van der Waals surface area (Å²) in [4.78, 5) is 2.46. The molecular formula is C28H27FN4O4S. The highest BCUT2D eigenvalue weighted by Crippen LogP contribution is 2.47. The van der Waals surface area contributed by atoms with Crippen molar-refractivity contribution in [2.24, 2.45) is 10.8 Å². The van der Waals surface area contributed by atoms with Gasteiger partial charge in [0.05, 0.1) is 13.3 Å². The van der Waals surface area contributed by atoms with Crippen molar-refractivity contribution in [3.8, 4) is 23.0 Å². The van der Waals surface area contributed by atoms with E-state index in [1.54, 1.807) is 25.5 Å². The molecule has 0 fully saturated rings. The van der Waals surface area contributed by atoms with Crippen LogP contribution in [0, 0.1) is 5.82 Å². The van der Waals surface area contributed by atoms with Crippen LogP contribution in [0.15, 0.2) is 47.6 Å². The quantitative estimate of drug-likeness (QED) is 0.279. The standard InChI is InChI=1S/C28H27FN4O4S/c1-34-26-9-18(12-31-32-28(30)38)20-10-23-21-11-25-24(36-15-37-25)8-17(21)6-7-33(23)13-22(20)27(26)35-14-16-2-4-19(29)5-3-16/h2-5,8-9,11-12,23H,6-7,10,13-15H2,1H3,(H3,30,32,38)/b31-12+. The van der Waals surface area contributed by atoms with E-state index in [9.17, 15) is 4.39 Å². The van der Waals surface area contributed by atoms with Crippen molar-refractivity contribution < 1.29 is 23.3 Å². The average molecular weight is 535 g/mol. The van der Waals surface area contributed by atoms with E-state index in [0.29, 0.717) is 18.0 Å². The Kier molecular flexibility index (Phi) is 6.50. The van der Waals surface area contributed by atoms with Gasteiger partial charge in [-0.2, -0.15) is 5.10 Å². The van der Waals surface area contributed by atoms with Gasteiger partial charge >= 0.3 is 0 Å². The molecule has 3 heterocycles. The van der Waals surface area contributed by atoms with Gasteiger partial charge in [0.15, 0.2) is 28.1 Å². The summed E-state index contributed by atoms with van der Waals surface area (Å²) in [5, 5.41) is 4.32. The molecule has 0 aromatic heterocycles. The van der Waals surface area contributed by atoms with E-state index in [1.807, 2.05) is 6.07 Å². The van der Waals surface area contributed by atoms with Gasteiger partial charge in [0.1, 0.15) is 12.4 Å². The molecule has 3 aliphatic rings. The van der Waals surface area contributed by atoms with Gasteiger partial charge in [-0.15, -0.1) is 0 Å². The third-order valence-corrected chi connectivity index (χ3v) is 7.34. The van der Waals surface area contributed by atoms with Gasteiger partial charge in [0.25, 0.3) is 0 Å². The van der Waals surface area contributed by atoms with Crippen molar-refractivity contribution in [3.05, 3.63) is 81.7 Å². The molecule has 1 unspecified atom stereocenters. The summed E-state index contributed by atoms with van der Waals surface area (Å²) in [7, 11) is 1.62. The number of methoxy groups -OCH3 is 1. The number of hydrogen-bond acceptors (Lipinski definition) is 7.